The third-order valence-corrected chi connectivity index (χ3v) is 7.69. The van der Waals surface area contributed by atoms with E-state index in [1.165, 1.54) is 36.2 Å². The van der Waals surface area contributed by atoms with Crippen molar-refractivity contribution >= 4 is 17.7 Å². The van der Waals surface area contributed by atoms with E-state index < -0.39 is 48.0 Å². The molecule has 1 saturated carbocycles. The van der Waals surface area contributed by atoms with Crippen LogP contribution in [0.25, 0.3) is 0 Å². The Morgan fingerprint density at radius 1 is 1.00 bits per heavy atom. The first kappa shape index (κ1) is 30.4. The lowest BCUT2D eigenvalue weighted by Crippen LogP contribution is -2.57. The Hall–Kier alpha value is -3.54. The van der Waals surface area contributed by atoms with Crippen LogP contribution >= 0.6 is 0 Å². The molecular weight excluding hydrogens is 531 g/mol. The zero-order valence-electron chi connectivity index (χ0n) is 23.5. The number of nitrogens with one attached hydrogen (secondary N) is 3. The molecule has 0 spiro atoms. The van der Waals surface area contributed by atoms with Gasteiger partial charge in [-0.3, -0.25) is 14.4 Å². The van der Waals surface area contributed by atoms with Gasteiger partial charge in [-0.1, -0.05) is 30.3 Å². The Balaban J connectivity index is 1.60. The minimum Gasteiger partial charge on any atom is -0.489 e. The SMILES string of the molecule is C[C@@H]1CN[C@@H](C2CC2O)C(=O)N(C)[C@H](C)C(=O)N[C@H](Cc2ccc(F)cc2)C(=O)NCC(O)Cc2ccccc2O1. The molecular formula is C30H39FN4O6. The smallest absolute Gasteiger partial charge is 0.243 e. The number of nitrogens with zero attached hydrogens (tertiary/aromatic N) is 1. The Bertz CT molecular complexity index is 1230. The predicted molar refractivity (Wildman–Crippen MR) is 149 cm³/mol. The number of aliphatic hydroxyl groups is 2. The van der Waals surface area contributed by atoms with E-state index in [-0.39, 0.29) is 37.3 Å². The molecule has 2 aromatic rings. The molecule has 41 heavy (non-hydrogen) atoms. The van der Waals surface area contributed by atoms with Crippen molar-refractivity contribution in [2.45, 2.75) is 69.5 Å². The van der Waals surface area contributed by atoms with Crippen LogP contribution in [0.2, 0.25) is 0 Å². The standard InChI is InChI=1S/C30H39FN4O6/c1-17-15-32-27(23-14-25(23)37)30(40)35(3)18(2)28(38)34-24(12-19-8-10-21(31)11-9-19)29(39)33-16-22(36)13-20-6-4-5-7-26(20)41-17/h4-11,17-18,22-25,27,32,36-37H,12-16H2,1-3H3,(H,33,39)(H,34,38)/t17-,18-,22?,23?,24-,25?,27+/m1/s1. The maximum Gasteiger partial charge on any atom is 0.243 e. The van der Waals surface area contributed by atoms with Crippen LogP contribution in [0.5, 0.6) is 5.75 Å². The number of benzene rings is 2. The molecule has 3 unspecified atom stereocenters. The summed E-state index contributed by atoms with van der Waals surface area (Å²) < 4.78 is 19.6. The molecule has 0 bridgehead atoms. The van der Waals surface area contributed by atoms with Crippen LogP contribution < -0.4 is 20.7 Å². The molecule has 222 valence electrons. The van der Waals surface area contributed by atoms with Crippen LogP contribution in [-0.2, 0) is 27.2 Å². The van der Waals surface area contributed by atoms with Crippen LogP contribution in [0.4, 0.5) is 4.39 Å². The lowest BCUT2D eigenvalue weighted by atomic mass is 10.0. The molecule has 0 aromatic heterocycles. The van der Waals surface area contributed by atoms with Gasteiger partial charge < -0.3 is 35.8 Å². The number of hydrogen-bond acceptors (Lipinski definition) is 7. The number of rotatable bonds is 3. The number of ether oxygens (including phenoxy) is 1. The molecule has 1 aliphatic heterocycles. The van der Waals surface area contributed by atoms with Gasteiger partial charge in [0.15, 0.2) is 0 Å². The van der Waals surface area contributed by atoms with Crippen LogP contribution in [0, 0.1) is 11.7 Å². The second kappa shape index (κ2) is 13.4. The van der Waals surface area contributed by atoms with Gasteiger partial charge in [-0.2, -0.15) is 0 Å². The van der Waals surface area contributed by atoms with E-state index in [4.69, 9.17) is 4.74 Å². The van der Waals surface area contributed by atoms with Gasteiger partial charge in [0.25, 0.3) is 0 Å². The van der Waals surface area contributed by atoms with Gasteiger partial charge >= 0.3 is 0 Å². The average molecular weight is 571 g/mol. The van der Waals surface area contributed by atoms with E-state index >= 15 is 0 Å². The zero-order chi connectivity index (χ0) is 29.7. The highest BCUT2D eigenvalue weighted by Gasteiger charge is 2.46. The highest BCUT2D eigenvalue weighted by molar-refractivity contribution is 5.93. The number of amides is 3. The lowest BCUT2D eigenvalue weighted by molar-refractivity contribution is -0.141. The number of β-amino-alcohol motifs (C(OH)–C–C–N with tert-alkyl or cyclic N) is 1. The van der Waals surface area contributed by atoms with Gasteiger partial charge in [0.1, 0.15) is 29.8 Å². The second-order valence-corrected chi connectivity index (χ2v) is 11.0. The van der Waals surface area contributed by atoms with E-state index in [1.807, 2.05) is 25.1 Å². The first-order valence-corrected chi connectivity index (χ1v) is 14.0. The number of para-hydroxylation sites is 1. The van der Waals surface area contributed by atoms with Crippen molar-refractivity contribution in [3.05, 3.63) is 65.5 Å². The molecule has 3 amide bonds. The maximum atomic E-state index is 13.5. The minimum absolute atomic E-state index is 0.0700. The highest BCUT2D eigenvalue weighted by Crippen LogP contribution is 2.34. The lowest BCUT2D eigenvalue weighted by Gasteiger charge is -2.31. The number of carbonyl (C=O) groups excluding carboxylic acids is 3. The van der Waals surface area contributed by atoms with Crippen molar-refractivity contribution in [3.63, 3.8) is 0 Å². The van der Waals surface area contributed by atoms with Crippen molar-refractivity contribution in [2.75, 3.05) is 20.1 Å². The first-order chi connectivity index (χ1) is 19.5. The summed E-state index contributed by atoms with van der Waals surface area (Å²) in [7, 11) is 1.51. The minimum atomic E-state index is -1.04. The van der Waals surface area contributed by atoms with Gasteiger partial charge in [0.05, 0.1) is 18.2 Å². The third kappa shape index (κ3) is 8.02. The van der Waals surface area contributed by atoms with Crippen molar-refractivity contribution in [1.82, 2.24) is 20.9 Å². The first-order valence-electron chi connectivity index (χ1n) is 14.0. The summed E-state index contributed by atoms with van der Waals surface area (Å²) in [4.78, 5) is 41.4. The van der Waals surface area contributed by atoms with E-state index in [1.54, 1.807) is 13.0 Å². The molecule has 0 radical (unpaired) electrons. The maximum absolute atomic E-state index is 13.5. The van der Waals surface area contributed by atoms with Gasteiger partial charge in [-0.15, -0.1) is 0 Å². The van der Waals surface area contributed by atoms with Gasteiger partial charge in [0, 0.05) is 38.9 Å². The molecule has 1 aliphatic carbocycles. The van der Waals surface area contributed by atoms with Crippen molar-refractivity contribution in [1.29, 1.82) is 0 Å². The Labute approximate surface area is 239 Å². The molecule has 1 fully saturated rings. The Morgan fingerprint density at radius 2 is 1.68 bits per heavy atom. The zero-order valence-corrected chi connectivity index (χ0v) is 23.5. The van der Waals surface area contributed by atoms with Crippen molar-refractivity contribution < 1.29 is 33.7 Å². The summed E-state index contributed by atoms with van der Waals surface area (Å²) in [6.07, 6.45) is -1.14. The number of hydrogen-bond donors (Lipinski definition) is 5. The van der Waals surface area contributed by atoms with E-state index in [0.717, 1.165) is 5.56 Å². The van der Waals surface area contributed by atoms with E-state index in [9.17, 15) is 29.0 Å². The number of likely N-dealkylation sites (N-methyl/N-ethyl adjacent to an activating group) is 1. The summed E-state index contributed by atoms with van der Waals surface area (Å²) in [5.41, 5.74) is 1.37. The molecule has 4 rings (SSSR count). The van der Waals surface area contributed by atoms with Crippen LogP contribution in [0.15, 0.2) is 48.5 Å². The molecule has 5 N–H and O–H groups in total. The summed E-state index contributed by atoms with van der Waals surface area (Å²) >= 11 is 0. The molecule has 1 heterocycles. The van der Waals surface area contributed by atoms with Crippen LogP contribution in [0.3, 0.4) is 0 Å². The van der Waals surface area contributed by atoms with Gasteiger partial charge in [0.2, 0.25) is 17.7 Å². The van der Waals surface area contributed by atoms with E-state index in [0.29, 0.717) is 24.3 Å². The van der Waals surface area contributed by atoms with Crippen LogP contribution in [-0.4, -0.2) is 89.4 Å². The predicted octanol–water partition coefficient (Wildman–Crippen LogP) is 0.540. The molecule has 11 heteroatoms. The fourth-order valence-electron chi connectivity index (χ4n) is 4.93. The third-order valence-electron chi connectivity index (χ3n) is 7.69. The van der Waals surface area contributed by atoms with Gasteiger partial charge in [-0.05, 0) is 49.6 Å². The van der Waals surface area contributed by atoms with Gasteiger partial charge in [-0.25, -0.2) is 4.39 Å². The molecule has 0 saturated heterocycles. The summed E-state index contributed by atoms with van der Waals surface area (Å²) in [5, 5.41) is 29.5. The number of carbonyl (C=O) groups is 3. The average Bonchev–Trinajstić information content (AvgIpc) is 3.67. The summed E-state index contributed by atoms with van der Waals surface area (Å²) in [6.45, 7) is 3.65. The number of halogens is 1. The van der Waals surface area contributed by atoms with E-state index in [2.05, 4.69) is 16.0 Å². The van der Waals surface area contributed by atoms with Crippen molar-refractivity contribution in [2.24, 2.45) is 5.92 Å². The Kier molecular flexibility index (Phi) is 9.95. The summed E-state index contributed by atoms with van der Waals surface area (Å²) in [5.74, 6) is -1.57. The quantitative estimate of drug-likeness (QED) is 0.363. The molecule has 7 atom stereocenters. The fourth-order valence-corrected chi connectivity index (χ4v) is 4.93. The largest absolute Gasteiger partial charge is 0.489 e. The van der Waals surface area contributed by atoms with Crippen molar-refractivity contribution in [3.8, 4) is 5.75 Å². The van der Waals surface area contributed by atoms with Crippen LogP contribution in [0.1, 0.15) is 31.4 Å². The molecule has 2 aliphatic rings. The normalized spacial score (nSPS) is 30.2. The monoisotopic (exact) mass is 570 g/mol. The highest BCUT2D eigenvalue weighted by atomic mass is 19.1. The number of aliphatic hydroxyl groups excluding tert-OH is 2. The topological polar surface area (TPSA) is 140 Å². The second-order valence-electron chi connectivity index (χ2n) is 11.0. The summed E-state index contributed by atoms with van der Waals surface area (Å²) in [6, 6.07) is 10.2. The number of fused-ring (bicyclic) bond motifs is 1. The Morgan fingerprint density at radius 3 is 2.37 bits per heavy atom. The molecule has 10 nitrogen and oxygen atoms in total. The fraction of sp³-hybridized carbons (Fsp3) is 0.500. The molecule has 2 aromatic carbocycles.